The van der Waals surface area contributed by atoms with Gasteiger partial charge in [0, 0.05) is 4.47 Å². The fraction of sp³-hybridized carbons (Fsp3) is 0.167. The van der Waals surface area contributed by atoms with Gasteiger partial charge in [-0.1, -0.05) is 27.5 Å². The lowest BCUT2D eigenvalue weighted by atomic mass is 10.2. The molecule has 0 aliphatic heterocycles. The van der Waals surface area contributed by atoms with Gasteiger partial charge in [0.25, 0.3) is 0 Å². The van der Waals surface area contributed by atoms with Crippen LogP contribution in [0.5, 0.6) is 0 Å². The molecular formula is C12H10BrClFN3. The lowest BCUT2D eigenvalue weighted by Crippen LogP contribution is -2.02. The Kier molecular flexibility index (Phi) is 3.82. The quantitative estimate of drug-likeness (QED) is 0.887. The van der Waals surface area contributed by atoms with Gasteiger partial charge in [0.1, 0.15) is 5.82 Å². The van der Waals surface area contributed by atoms with Crippen molar-refractivity contribution in [3.05, 3.63) is 44.8 Å². The van der Waals surface area contributed by atoms with E-state index in [0.717, 1.165) is 15.6 Å². The summed E-state index contributed by atoms with van der Waals surface area (Å²) in [5.74, 6) is 0.140. The van der Waals surface area contributed by atoms with Gasteiger partial charge >= 0.3 is 0 Å². The lowest BCUT2D eigenvalue weighted by Gasteiger charge is -2.11. The van der Waals surface area contributed by atoms with Gasteiger partial charge in [0.05, 0.1) is 5.69 Å². The van der Waals surface area contributed by atoms with Crippen LogP contribution in [0.15, 0.2) is 22.7 Å². The zero-order chi connectivity index (χ0) is 13.3. The number of anilines is 2. The van der Waals surface area contributed by atoms with Crippen LogP contribution in [-0.2, 0) is 0 Å². The van der Waals surface area contributed by atoms with Crippen LogP contribution in [0.1, 0.15) is 11.1 Å². The maximum Gasteiger partial charge on any atom is 0.156 e. The number of rotatable bonds is 2. The Bertz CT molecular complexity index is 604. The van der Waals surface area contributed by atoms with Crippen LogP contribution in [0.2, 0.25) is 5.15 Å². The minimum absolute atomic E-state index is 0.337. The molecule has 18 heavy (non-hydrogen) atoms. The van der Waals surface area contributed by atoms with Crippen molar-refractivity contribution in [3.8, 4) is 0 Å². The van der Waals surface area contributed by atoms with Gasteiger partial charge in [0.2, 0.25) is 0 Å². The molecule has 0 aliphatic carbocycles. The summed E-state index contributed by atoms with van der Waals surface area (Å²) in [6.45, 7) is 3.70. The van der Waals surface area contributed by atoms with Crippen LogP contribution < -0.4 is 5.32 Å². The highest BCUT2D eigenvalue weighted by molar-refractivity contribution is 9.10. The number of nitrogens with zero attached hydrogens (tertiary/aromatic N) is 2. The van der Waals surface area contributed by atoms with Crippen LogP contribution in [-0.4, -0.2) is 10.2 Å². The second kappa shape index (κ2) is 5.20. The maximum absolute atomic E-state index is 13.6. The second-order valence-corrected chi connectivity index (χ2v) is 5.11. The fourth-order valence-electron chi connectivity index (χ4n) is 1.42. The van der Waals surface area contributed by atoms with E-state index in [1.807, 2.05) is 13.8 Å². The molecule has 0 aliphatic rings. The summed E-state index contributed by atoms with van der Waals surface area (Å²) in [6.07, 6.45) is 0. The van der Waals surface area contributed by atoms with E-state index in [9.17, 15) is 4.39 Å². The van der Waals surface area contributed by atoms with E-state index in [2.05, 4.69) is 31.4 Å². The Morgan fingerprint density at radius 1 is 1.22 bits per heavy atom. The van der Waals surface area contributed by atoms with E-state index in [-0.39, 0.29) is 5.82 Å². The number of aromatic nitrogens is 2. The van der Waals surface area contributed by atoms with Crippen LogP contribution in [0.4, 0.5) is 15.9 Å². The third-order valence-electron chi connectivity index (χ3n) is 2.65. The molecule has 0 fully saturated rings. The van der Waals surface area contributed by atoms with Crippen molar-refractivity contribution in [2.75, 3.05) is 5.32 Å². The van der Waals surface area contributed by atoms with Gasteiger partial charge in [-0.2, -0.15) is 0 Å². The Balaban J connectivity index is 2.40. The molecule has 0 saturated heterocycles. The highest BCUT2D eigenvalue weighted by Crippen LogP contribution is 2.26. The molecule has 0 unspecified atom stereocenters. The van der Waals surface area contributed by atoms with Crippen molar-refractivity contribution >= 4 is 39.0 Å². The van der Waals surface area contributed by atoms with E-state index >= 15 is 0 Å². The van der Waals surface area contributed by atoms with Gasteiger partial charge in [-0.05, 0) is 43.2 Å². The Morgan fingerprint density at radius 2 is 1.94 bits per heavy atom. The fourth-order valence-corrected chi connectivity index (χ4v) is 1.96. The molecule has 0 amide bonds. The summed E-state index contributed by atoms with van der Waals surface area (Å²) in [5, 5.41) is 11.0. The normalized spacial score (nSPS) is 10.5. The first kappa shape index (κ1) is 13.2. The van der Waals surface area contributed by atoms with Crippen molar-refractivity contribution < 1.29 is 4.39 Å². The minimum atomic E-state index is -0.355. The molecule has 0 saturated carbocycles. The first-order chi connectivity index (χ1) is 8.49. The molecule has 1 heterocycles. The van der Waals surface area contributed by atoms with Gasteiger partial charge < -0.3 is 5.32 Å². The largest absolute Gasteiger partial charge is 0.336 e. The molecule has 1 aromatic heterocycles. The standard InChI is InChI=1S/C12H10BrClFN3/c1-6-7(2)12(18-17-11(6)14)16-10-5-8(13)3-4-9(10)15/h3-5H,1-2H3,(H,16,18). The molecule has 94 valence electrons. The van der Waals surface area contributed by atoms with E-state index in [1.165, 1.54) is 6.07 Å². The monoisotopic (exact) mass is 329 g/mol. The molecular weight excluding hydrogens is 321 g/mol. The Labute approximate surface area is 118 Å². The zero-order valence-electron chi connectivity index (χ0n) is 9.76. The number of halogens is 3. The predicted molar refractivity (Wildman–Crippen MR) is 73.9 cm³/mol. The maximum atomic E-state index is 13.6. The molecule has 2 aromatic rings. The first-order valence-electron chi connectivity index (χ1n) is 5.20. The molecule has 2 rings (SSSR count). The summed E-state index contributed by atoms with van der Waals surface area (Å²) >= 11 is 9.15. The van der Waals surface area contributed by atoms with Crippen molar-refractivity contribution in [2.45, 2.75) is 13.8 Å². The summed E-state index contributed by atoms with van der Waals surface area (Å²) in [4.78, 5) is 0. The van der Waals surface area contributed by atoms with Crippen LogP contribution in [0, 0.1) is 19.7 Å². The molecule has 0 spiro atoms. The minimum Gasteiger partial charge on any atom is -0.336 e. The highest BCUT2D eigenvalue weighted by atomic mass is 79.9. The smallest absolute Gasteiger partial charge is 0.156 e. The lowest BCUT2D eigenvalue weighted by molar-refractivity contribution is 0.631. The molecule has 3 nitrogen and oxygen atoms in total. The first-order valence-corrected chi connectivity index (χ1v) is 6.37. The van der Waals surface area contributed by atoms with Gasteiger partial charge in [-0.25, -0.2) is 4.39 Å². The molecule has 1 N–H and O–H groups in total. The topological polar surface area (TPSA) is 37.8 Å². The highest BCUT2D eigenvalue weighted by Gasteiger charge is 2.10. The van der Waals surface area contributed by atoms with Crippen molar-refractivity contribution in [3.63, 3.8) is 0 Å². The van der Waals surface area contributed by atoms with E-state index < -0.39 is 0 Å². The van der Waals surface area contributed by atoms with Gasteiger partial charge in [-0.15, -0.1) is 10.2 Å². The summed E-state index contributed by atoms with van der Waals surface area (Å²) in [7, 11) is 0. The summed E-state index contributed by atoms with van der Waals surface area (Å²) < 4.78 is 14.4. The predicted octanol–water partition coefficient (Wildman–Crippen LogP) is 4.39. The second-order valence-electron chi connectivity index (χ2n) is 3.84. The van der Waals surface area contributed by atoms with Crippen LogP contribution in [0.25, 0.3) is 0 Å². The summed E-state index contributed by atoms with van der Waals surface area (Å²) in [5.41, 5.74) is 2.00. The van der Waals surface area contributed by atoms with Crippen LogP contribution in [0.3, 0.4) is 0 Å². The zero-order valence-corrected chi connectivity index (χ0v) is 12.1. The summed E-state index contributed by atoms with van der Waals surface area (Å²) in [6, 6.07) is 4.64. The van der Waals surface area contributed by atoms with E-state index in [1.54, 1.807) is 12.1 Å². The molecule has 0 radical (unpaired) electrons. The molecule has 1 aromatic carbocycles. The number of hydrogen-bond acceptors (Lipinski definition) is 3. The molecule has 0 bridgehead atoms. The Morgan fingerprint density at radius 3 is 2.67 bits per heavy atom. The van der Waals surface area contributed by atoms with E-state index in [0.29, 0.717) is 16.7 Å². The molecule has 6 heteroatoms. The average Bonchev–Trinajstić information content (AvgIpc) is 2.34. The van der Waals surface area contributed by atoms with Crippen molar-refractivity contribution in [1.82, 2.24) is 10.2 Å². The number of hydrogen-bond donors (Lipinski definition) is 1. The van der Waals surface area contributed by atoms with Crippen molar-refractivity contribution in [2.24, 2.45) is 0 Å². The number of benzene rings is 1. The molecule has 0 atom stereocenters. The number of nitrogens with one attached hydrogen (secondary N) is 1. The van der Waals surface area contributed by atoms with E-state index in [4.69, 9.17) is 11.6 Å². The Hall–Kier alpha value is -1.20. The van der Waals surface area contributed by atoms with Gasteiger partial charge in [0.15, 0.2) is 11.0 Å². The third kappa shape index (κ3) is 2.62. The van der Waals surface area contributed by atoms with Crippen molar-refractivity contribution in [1.29, 1.82) is 0 Å². The van der Waals surface area contributed by atoms with Gasteiger partial charge in [-0.3, -0.25) is 0 Å². The van der Waals surface area contributed by atoms with Crippen LogP contribution >= 0.6 is 27.5 Å². The third-order valence-corrected chi connectivity index (χ3v) is 3.50. The average molecular weight is 331 g/mol. The SMILES string of the molecule is Cc1c(Cl)nnc(Nc2cc(Br)ccc2F)c1C.